The van der Waals surface area contributed by atoms with Gasteiger partial charge in [-0.1, -0.05) is 0 Å². The van der Waals surface area contributed by atoms with Gasteiger partial charge in [0.2, 0.25) is 0 Å². The van der Waals surface area contributed by atoms with Crippen molar-refractivity contribution in [2.75, 3.05) is 11.9 Å². The van der Waals surface area contributed by atoms with Gasteiger partial charge in [0, 0.05) is 18.8 Å². The first-order valence-electron chi connectivity index (χ1n) is 6.94. The number of aliphatic imine (C=N–C) groups is 1. The highest BCUT2D eigenvalue weighted by molar-refractivity contribution is 5.91. The van der Waals surface area contributed by atoms with Gasteiger partial charge in [0.15, 0.2) is 11.8 Å². The minimum Gasteiger partial charge on any atom is -0.370 e. The third kappa shape index (κ3) is 6.36. The number of anilines is 1. The number of nitrogens with two attached hydrogens (primary N) is 1. The van der Waals surface area contributed by atoms with Gasteiger partial charge < -0.3 is 16.0 Å². The number of aromatic amines is 1. The number of hydrogen-bond donors (Lipinski definition) is 3. The van der Waals surface area contributed by atoms with Gasteiger partial charge in [-0.25, -0.2) is 9.98 Å². The van der Waals surface area contributed by atoms with Crippen LogP contribution in [0, 0.1) is 0 Å². The summed E-state index contributed by atoms with van der Waals surface area (Å²) in [5.41, 5.74) is 5.35. The molecule has 0 spiro atoms. The van der Waals surface area contributed by atoms with Gasteiger partial charge in [-0.15, -0.1) is 5.10 Å². The molecule has 0 aromatic carbocycles. The summed E-state index contributed by atoms with van der Waals surface area (Å²) in [5.74, 6) is 0.820. The minimum absolute atomic E-state index is 0.249. The molecule has 0 aliphatic carbocycles. The Labute approximate surface area is 130 Å². The number of H-pyrrole nitrogens is 1. The molecule has 0 aliphatic heterocycles. The maximum atomic E-state index is 12.0. The van der Waals surface area contributed by atoms with Crippen molar-refractivity contribution in [2.24, 2.45) is 10.7 Å². The van der Waals surface area contributed by atoms with Crippen LogP contribution in [0.5, 0.6) is 0 Å². The molecule has 2 rings (SSSR count). The van der Waals surface area contributed by atoms with Crippen molar-refractivity contribution in [3.63, 3.8) is 0 Å². The number of imidazole rings is 1. The fourth-order valence-corrected chi connectivity index (χ4v) is 1.79. The summed E-state index contributed by atoms with van der Waals surface area (Å²) in [4.78, 5) is 11.8. The molecule has 4 N–H and O–H groups in total. The van der Waals surface area contributed by atoms with Crippen molar-refractivity contribution >= 4 is 11.8 Å². The summed E-state index contributed by atoms with van der Waals surface area (Å²) in [6.07, 6.45) is 3.04. The Balaban J connectivity index is 1.72. The molecule has 0 unspecified atom stereocenters. The average molecular weight is 330 g/mol. The van der Waals surface area contributed by atoms with Gasteiger partial charge in [0.25, 0.3) is 0 Å². The lowest BCUT2D eigenvalue weighted by atomic mass is 10.2. The van der Waals surface area contributed by atoms with Gasteiger partial charge >= 0.3 is 6.18 Å². The Morgan fingerprint density at radius 2 is 2.22 bits per heavy atom. The van der Waals surface area contributed by atoms with Crippen LogP contribution in [0.1, 0.15) is 18.7 Å². The quantitative estimate of drug-likeness (QED) is 0.403. The van der Waals surface area contributed by atoms with Crippen molar-refractivity contribution in [1.29, 1.82) is 0 Å². The molecule has 11 heteroatoms. The van der Waals surface area contributed by atoms with E-state index in [9.17, 15) is 13.2 Å². The SMILES string of the molecule is NC(=NCC(F)(F)F)Nc1cnn(CCCCc2ncc[nH]2)n1. The number of guanidine groups is 1. The Hall–Kier alpha value is -2.59. The lowest BCUT2D eigenvalue weighted by molar-refractivity contribution is -0.118. The van der Waals surface area contributed by atoms with Gasteiger partial charge in [-0.3, -0.25) is 0 Å². The van der Waals surface area contributed by atoms with E-state index in [0.717, 1.165) is 25.1 Å². The molecule has 0 bridgehead atoms. The van der Waals surface area contributed by atoms with Crippen LogP contribution in [0.25, 0.3) is 0 Å². The van der Waals surface area contributed by atoms with Crippen LogP contribution in [0.2, 0.25) is 0 Å². The number of halogens is 3. The molecule has 0 radical (unpaired) electrons. The number of nitrogens with zero attached hydrogens (tertiary/aromatic N) is 5. The number of aryl methyl sites for hydroxylation is 2. The van der Waals surface area contributed by atoms with E-state index < -0.39 is 12.7 Å². The summed E-state index contributed by atoms with van der Waals surface area (Å²) in [6.45, 7) is -0.755. The van der Waals surface area contributed by atoms with Crippen molar-refractivity contribution in [1.82, 2.24) is 25.0 Å². The van der Waals surface area contributed by atoms with Gasteiger partial charge in [0.1, 0.15) is 12.4 Å². The van der Waals surface area contributed by atoms with Gasteiger partial charge in [-0.05, 0) is 12.8 Å². The van der Waals surface area contributed by atoms with E-state index in [2.05, 4.69) is 30.5 Å². The van der Waals surface area contributed by atoms with E-state index in [1.165, 1.54) is 11.0 Å². The van der Waals surface area contributed by atoms with Crippen molar-refractivity contribution in [3.05, 3.63) is 24.4 Å². The molecule has 0 saturated heterocycles. The molecule has 2 aromatic heterocycles. The monoisotopic (exact) mass is 330 g/mol. The highest BCUT2D eigenvalue weighted by atomic mass is 19.4. The molecule has 2 heterocycles. The zero-order chi connectivity index (χ0) is 16.7. The van der Waals surface area contributed by atoms with Gasteiger partial charge in [-0.2, -0.15) is 23.1 Å². The third-order valence-corrected chi connectivity index (χ3v) is 2.80. The predicted molar refractivity (Wildman–Crippen MR) is 77.7 cm³/mol. The van der Waals surface area contributed by atoms with Crippen LogP contribution in [0.3, 0.4) is 0 Å². The zero-order valence-corrected chi connectivity index (χ0v) is 12.2. The number of alkyl halides is 3. The lowest BCUT2D eigenvalue weighted by Gasteiger charge is -2.04. The second-order valence-corrected chi connectivity index (χ2v) is 4.76. The molecule has 0 amide bonds. The Morgan fingerprint density at radius 1 is 1.39 bits per heavy atom. The van der Waals surface area contributed by atoms with E-state index in [1.807, 2.05) is 0 Å². The maximum Gasteiger partial charge on any atom is 0.408 e. The normalized spacial score (nSPS) is 12.6. The van der Waals surface area contributed by atoms with Crippen LogP contribution in [-0.4, -0.2) is 43.6 Å². The van der Waals surface area contributed by atoms with Crippen LogP contribution in [-0.2, 0) is 13.0 Å². The number of hydrogen-bond acceptors (Lipinski definition) is 4. The lowest BCUT2D eigenvalue weighted by Crippen LogP contribution is -2.25. The van der Waals surface area contributed by atoms with E-state index >= 15 is 0 Å². The second kappa shape index (κ2) is 7.61. The Bertz CT molecular complexity index is 617. The number of unbranched alkanes of at least 4 members (excludes halogenated alkanes) is 1. The Morgan fingerprint density at radius 3 is 2.91 bits per heavy atom. The Kier molecular flexibility index (Phi) is 5.55. The molecule has 0 atom stereocenters. The molecular formula is C12H17F3N8. The first-order valence-corrected chi connectivity index (χ1v) is 6.94. The molecule has 126 valence electrons. The van der Waals surface area contributed by atoms with E-state index in [0.29, 0.717) is 6.54 Å². The number of aromatic nitrogens is 5. The molecule has 0 aliphatic rings. The summed E-state index contributed by atoms with van der Waals surface area (Å²) < 4.78 is 36.0. The molecule has 0 fully saturated rings. The third-order valence-electron chi connectivity index (χ3n) is 2.80. The van der Waals surface area contributed by atoms with E-state index in [-0.39, 0.29) is 11.8 Å². The molecular weight excluding hydrogens is 313 g/mol. The molecule has 23 heavy (non-hydrogen) atoms. The van der Waals surface area contributed by atoms with Crippen LogP contribution in [0.15, 0.2) is 23.6 Å². The maximum absolute atomic E-state index is 12.0. The van der Waals surface area contributed by atoms with Crippen LogP contribution >= 0.6 is 0 Å². The van der Waals surface area contributed by atoms with Crippen molar-refractivity contribution in [2.45, 2.75) is 32.0 Å². The first-order chi connectivity index (χ1) is 10.9. The molecule has 0 saturated carbocycles. The topological polar surface area (TPSA) is 110 Å². The van der Waals surface area contributed by atoms with E-state index in [1.54, 1.807) is 12.4 Å². The average Bonchev–Trinajstić information content (AvgIpc) is 3.12. The zero-order valence-electron chi connectivity index (χ0n) is 12.2. The number of nitrogens with one attached hydrogen (secondary N) is 2. The highest BCUT2D eigenvalue weighted by Crippen LogP contribution is 2.14. The summed E-state index contributed by atoms with van der Waals surface area (Å²) in [6, 6.07) is 0. The summed E-state index contributed by atoms with van der Waals surface area (Å²) in [5, 5.41) is 10.5. The smallest absolute Gasteiger partial charge is 0.370 e. The van der Waals surface area contributed by atoms with Crippen molar-refractivity contribution in [3.8, 4) is 0 Å². The number of rotatable bonds is 7. The predicted octanol–water partition coefficient (Wildman–Crippen LogP) is 1.31. The van der Waals surface area contributed by atoms with Gasteiger partial charge in [0.05, 0.1) is 12.7 Å². The standard InChI is InChI=1S/C12H17F3N8/c13-12(14,15)8-19-11(16)21-10-7-20-23(22-10)6-2-1-3-9-17-4-5-18-9/h4-5,7H,1-3,6,8H2,(H,17,18)(H3,16,19,21,22). The highest BCUT2D eigenvalue weighted by Gasteiger charge is 2.26. The summed E-state index contributed by atoms with van der Waals surface area (Å²) >= 11 is 0. The van der Waals surface area contributed by atoms with Crippen LogP contribution in [0.4, 0.5) is 19.0 Å². The fraction of sp³-hybridized carbons (Fsp3) is 0.500. The molecule has 2 aromatic rings. The largest absolute Gasteiger partial charge is 0.408 e. The second-order valence-electron chi connectivity index (χ2n) is 4.76. The minimum atomic E-state index is -4.39. The first kappa shape index (κ1) is 16.8. The van der Waals surface area contributed by atoms with Crippen molar-refractivity contribution < 1.29 is 13.2 Å². The summed E-state index contributed by atoms with van der Waals surface area (Å²) in [7, 11) is 0. The van der Waals surface area contributed by atoms with E-state index in [4.69, 9.17) is 5.73 Å². The fourth-order valence-electron chi connectivity index (χ4n) is 1.79. The van der Waals surface area contributed by atoms with Crippen LogP contribution < -0.4 is 11.1 Å². The molecule has 8 nitrogen and oxygen atoms in total.